The number of fused-ring (bicyclic) bond motifs is 3. The van der Waals surface area contributed by atoms with E-state index in [0.717, 1.165) is 43.0 Å². The molecule has 0 unspecified atom stereocenters. The highest BCUT2D eigenvalue weighted by Crippen LogP contribution is 2.25. The SMILES string of the molecule is CNC(=O)Nc1ccc(NC(=O)c2cc(C)nc3c2nc2n3CCCCC2)cc1. The van der Waals surface area contributed by atoms with Gasteiger partial charge in [-0.05, 0) is 50.1 Å². The van der Waals surface area contributed by atoms with Gasteiger partial charge in [0.1, 0.15) is 11.3 Å². The molecule has 29 heavy (non-hydrogen) atoms. The molecule has 150 valence electrons. The number of hydrogen-bond acceptors (Lipinski definition) is 4. The fourth-order valence-corrected chi connectivity index (χ4v) is 3.62. The molecule has 3 amide bonds. The van der Waals surface area contributed by atoms with Gasteiger partial charge in [-0.2, -0.15) is 0 Å². The Morgan fingerprint density at radius 2 is 1.72 bits per heavy atom. The van der Waals surface area contributed by atoms with E-state index in [1.807, 2.05) is 6.92 Å². The first-order valence-electron chi connectivity index (χ1n) is 9.82. The summed E-state index contributed by atoms with van der Waals surface area (Å²) >= 11 is 0. The summed E-state index contributed by atoms with van der Waals surface area (Å²) in [6, 6.07) is 8.45. The van der Waals surface area contributed by atoms with Crippen molar-refractivity contribution in [3.8, 4) is 0 Å². The predicted molar refractivity (Wildman–Crippen MR) is 112 cm³/mol. The standard InChI is InChI=1S/C21H24N6O2/c1-13-12-16(18-19(23-13)27-11-5-3-4-6-17(27)26-18)20(28)24-14-7-9-15(10-8-14)25-21(29)22-2/h7-10,12H,3-6,11H2,1-2H3,(H,24,28)(H2,22,25,29). The number of pyridine rings is 1. The number of aryl methyl sites for hydroxylation is 3. The van der Waals surface area contributed by atoms with Gasteiger partial charge in [0.15, 0.2) is 5.65 Å². The third-order valence-electron chi connectivity index (χ3n) is 5.06. The molecule has 0 spiro atoms. The van der Waals surface area contributed by atoms with Crippen molar-refractivity contribution in [2.45, 2.75) is 39.2 Å². The van der Waals surface area contributed by atoms with Crippen LogP contribution in [0.4, 0.5) is 16.2 Å². The van der Waals surface area contributed by atoms with E-state index in [9.17, 15) is 9.59 Å². The summed E-state index contributed by atoms with van der Waals surface area (Å²) in [6.45, 7) is 2.79. The molecule has 0 atom stereocenters. The number of amides is 3. The van der Waals surface area contributed by atoms with Crippen molar-refractivity contribution in [3.63, 3.8) is 0 Å². The van der Waals surface area contributed by atoms with Crippen LogP contribution in [-0.4, -0.2) is 33.5 Å². The number of urea groups is 1. The van der Waals surface area contributed by atoms with E-state index < -0.39 is 0 Å². The fraction of sp³-hybridized carbons (Fsp3) is 0.333. The zero-order chi connectivity index (χ0) is 20.4. The summed E-state index contributed by atoms with van der Waals surface area (Å²) in [6.07, 6.45) is 4.32. The third kappa shape index (κ3) is 3.91. The average Bonchev–Trinajstić information content (AvgIpc) is 2.89. The zero-order valence-electron chi connectivity index (χ0n) is 16.6. The lowest BCUT2D eigenvalue weighted by atomic mass is 10.1. The zero-order valence-corrected chi connectivity index (χ0v) is 16.6. The van der Waals surface area contributed by atoms with Crippen LogP contribution in [0, 0.1) is 6.92 Å². The Morgan fingerprint density at radius 3 is 2.45 bits per heavy atom. The summed E-state index contributed by atoms with van der Waals surface area (Å²) in [4.78, 5) is 33.8. The number of imidazole rings is 1. The Hall–Kier alpha value is -3.42. The summed E-state index contributed by atoms with van der Waals surface area (Å²) in [7, 11) is 1.55. The van der Waals surface area contributed by atoms with Crippen LogP contribution >= 0.6 is 0 Å². The molecule has 0 fully saturated rings. The number of carbonyl (C=O) groups excluding carboxylic acids is 2. The van der Waals surface area contributed by atoms with Crippen LogP contribution in [0.5, 0.6) is 0 Å². The number of carbonyl (C=O) groups is 2. The van der Waals surface area contributed by atoms with Crippen LogP contribution in [0.2, 0.25) is 0 Å². The summed E-state index contributed by atoms with van der Waals surface area (Å²) in [5.74, 6) is 0.787. The van der Waals surface area contributed by atoms with Crippen LogP contribution in [0.15, 0.2) is 30.3 Å². The van der Waals surface area contributed by atoms with Gasteiger partial charge in [-0.15, -0.1) is 0 Å². The van der Waals surface area contributed by atoms with Crippen molar-refractivity contribution in [2.24, 2.45) is 0 Å². The molecule has 3 N–H and O–H groups in total. The maximum Gasteiger partial charge on any atom is 0.318 e. The smallest absolute Gasteiger partial charge is 0.318 e. The van der Waals surface area contributed by atoms with Gasteiger partial charge in [0.05, 0.1) is 5.56 Å². The molecular weight excluding hydrogens is 368 g/mol. The Morgan fingerprint density at radius 1 is 1.00 bits per heavy atom. The number of aromatic nitrogens is 3. The molecule has 1 aliphatic rings. The van der Waals surface area contributed by atoms with Crippen molar-refractivity contribution in [1.82, 2.24) is 19.9 Å². The Labute approximate surface area is 168 Å². The highest BCUT2D eigenvalue weighted by molar-refractivity contribution is 6.11. The molecular formula is C21H24N6O2. The number of rotatable bonds is 3. The van der Waals surface area contributed by atoms with Gasteiger partial charge in [-0.3, -0.25) is 4.79 Å². The van der Waals surface area contributed by atoms with Gasteiger partial charge < -0.3 is 20.5 Å². The van der Waals surface area contributed by atoms with E-state index in [0.29, 0.717) is 22.5 Å². The number of anilines is 2. The summed E-state index contributed by atoms with van der Waals surface area (Å²) < 4.78 is 2.16. The minimum atomic E-state index is -0.295. The van der Waals surface area contributed by atoms with Gasteiger partial charge in [0.25, 0.3) is 5.91 Å². The average molecular weight is 392 g/mol. The van der Waals surface area contributed by atoms with E-state index in [4.69, 9.17) is 4.98 Å². The minimum absolute atomic E-state index is 0.222. The van der Waals surface area contributed by atoms with E-state index >= 15 is 0 Å². The monoisotopic (exact) mass is 392 g/mol. The molecule has 2 aromatic heterocycles. The van der Waals surface area contributed by atoms with Crippen LogP contribution in [0.3, 0.4) is 0 Å². The molecule has 3 aromatic rings. The van der Waals surface area contributed by atoms with Crippen molar-refractivity contribution >= 4 is 34.5 Å². The van der Waals surface area contributed by atoms with Gasteiger partial charge in [-0.1, -0.05) is 6.42 Å². The molecule has 0 saturated carbocycles. The van der Waals surface area contributed by atoms with Gasteiger partial charge in [-0.25, -0.2) is 14.8 Å². The van der Waals surface area contributed by atoms with Crippen molar-refractivity contribution in [1.29, 1.82) is 0 Å². The Kier molecular flexibility index (Phi) is 5.16. The summed E-state index contributed by atoms with van der Waals surface area (Å²) in [5, 5.41) is 8.10. The van der Waals surface area contributed by atoms with Gasteiger partial charge in [0, 0.05) is 37.1 Å². The molecule has 0 saturated heterocycles. The van der Waals surface area contributed by atoms with Crippen molar-refractivity contribution in [3.05, 3.63) is 47.4 Å². The molecule has 3 heterocycles. The quantitative estimate of drug-likeness (QED) is 0.635. The molecule has 1 aliphatic heterocycles. The molecule has 8 nitrogen and oxygen atoms in total. The topological polar surface area (TPSA) is 101 Å². The van der Waals surface area contributed by atoms with Crippen molar-refractivity contribution in [2.75, 3.05) is 17.7 Å². The lowest BCUT2D eigenvalue weighted by Gasteiger charge is -2.09. The maximum atomic E-state index is 13.0. The maximum absolute atomic E-state index is 13.0. The molecule has 4 rings (SSSR count). The van der Waals surface area contributed by atoms with Crippen molar-refractivity contribution < 1.29 is 9.59 Å². The van der Waals surface area contributed by atoms with E-state index in [-0.39, 0.29) is 11.9 Å². The normalized spacial score (nSPS) is 13.4. The van der Waals surface area contributed by atoms with Crippen LogP contribution in [0.25, 0.3) is 11.2 Å². The van der Waals surface area contributed by atoms with Crippen LogP contribution in [0.1, 0.15) is 41.1 Å². The molecule has 1 aromatic carbocycles. The van der Waals surface area contributed by atoms with E-state index in [1.54, 1.807) is 37.4 Å². The van der Waals surface area contributed by atoms with Gasteiger partial charge >= 0.3 is 6.03 Å². The first-order valence-corrected chi connectivity index (χ1v) is 9.82. The second-order valence-corrected chi connectivity index (χ2v) is 7.21. The number of nitrogens with zero attached hydrogens (tertiary/aromatic N) is 3. The largest absolute Gasteiger partial charge is 0.341 e. The number of hydrogen-bond donors (Lipinski definition) is 3. The third-order valence-corrected chi connectivity index (χ3v) is 5.06. The minimum Gasteiger partial charge on any atom is -0.341 e. The Bertz CT molecular complexity index is 1070. The molecule has 0 radical (unpaired) electrons. The van der Waals surface area contributed by atoms with Gasteiger partial charge in [0.2, 0.25) is 0 Å². The summed E-state index contributed by atoms with van der Waals surface area (Å²) in [5.41, 5.74) is 4.05. The lowest BCUT2D eigenvalue weighted by molar-refractivity contribution is 0.102. The van der Waals surface area contributed by atoms with E-state index in [2.05, 4.69) is 25.5 Å². The fourth-order valence-electron chi connectivity index (χ4n) is 3.62. The first-order chi connectivity index (χ1) is 14.0. The lowest BCUT2D eigenvalue weighted by Crippen LogP contribution is -2.24. The Balaban J connectivity index is 1.61. The number of benzene rings is 1. The second-order valence-electron chi connectivity index (χ2n) is 7.21. The molecule has 0 aliphatic carbocycles. The second kappa shape index (κ2) is 7.90. The molecule has 0 bridgehead atoms. The number of nitrogens with one attached hydrogen (secondary N) is 3. The van der Waals surface area contributed by atoms with Crippen LogP contribution in [-0.2, 0) is 13.0 Å². The first kappa shape index (κ1) is 18.9. The molecule has 8 heteroatoms. The van der Waals surface area contributed by atoms with E-state index in [1.165, 1.54) is 6.42 Å². The van der Waals surface area contributed by atoms with Crippen LogP contribution < -0.4 is 16.0 Å². The highest BCUT2D eigenvalue weighted by Gasteiger charge is 2.21. The predicted octanol–water partition coefficient (Wildman–Crippen LogP) is 3.47. The highest BCUT2D eigenvalue weighted by atomic mass is 16.2.